The van der Waals surface area contributed by atoms with Gasteiger partial charge < -0.3 is 0 Å². The molecule has 4 aliphatic rings. The van der Waals surface area contributed by atoms with Gasteiger partial charge in [-0.2, -0.15) is 0 Å². The van der Waals surface area contributed by atoms with E-state index in [1.54, 1.807) is 12.1 Å². The lowest BCUT2D eigenvalue weighted by Gasteiger charge is -2.45. The van der Waals surface area contributed by atoms with E-state index in [-0.39, 0.29) is 34.5 Å². The molecule has 0 fully saturated rings. The van der Waals surface area contributed by atoms with Crippen LogP contribution in [0.4, 0.5) is 4.39 Å². The van der Waals surface area contributed by atoms with Crippen LogP contribution in [0.25, 0.3) is 0 Å². The Labute approximate surface area is 258 Å². The minimum absolute atomic E-state index is 0.182. The molecule has 0 nitrogen and oxygen atoms in total. The van der Waals surface area contributed by atoms with Gasteiger partial charge in [0.15, 0.2) is 0 Å². The van der Waals surface area contributed by atoms with Gasteiger partial charge in [0.25, 0.3) is 0 Å². The average molecular weight is 577 g/mol. The van der Waals surface area contributed by atoms with Crippen LogP contribution in [-0.2, 0) is 5.04 Å². The predicted molar refractivity (Wildman–Crippen MR) is 181 cm³/mol. The molecule has 212 valence electrons. The second-order valence-electron chi connectivity index (χ2n) is 12.5. The Morgan fingerprint density at radius 1 is 0.558 bits per heavy atom. The zero-order valence-corrected chi connectivity index (χ0v) is 27.0. The first-order valence-corrected chi connectivity index (χ1v) is 16.4. The van der Waals surface area contributed by atoms with Crippen molar-refractivity contribution < 1.29 is 4.39 Å². The minimum atomic E-state index is -0.227. The lowest BCUT2D eigenvalue weighted by molar-refractivity contribution is 0.405. The third kappa shape index (κ3) is 4.65. The Bertz CT molecular complexity index is 1680. The fourth-order valence-electron chi connectivity index (χ4n) is 8.25. The Kier molecular flexibility index (Phi) is 7.11. The van der Waals surface area contributed by atoms with E-state index < -0.39 is 0 Å². The summed E-state index contributed by atoms with van der Waals surface area (Å²) in [5.74, 6) is 0.578. The van der Waals surface area contributed by atoms with Crippen molar-refractivity contribution in [3.63, 3.8) is 0 Å². The molecule has 0 bridgehead atoms. The van der Waals surface area contributed by atoms with Gasteiger partial charge in [-0.1, -0.05) is 145 Å². The summed E-state index contributed by atoms with van der Waals surface area (Å²) < 4.78 is 14.4. The smallest absolute Gasteiger partial charge is 0.123 e. The molecule has 4 atom stereocenters. The largest absolute Gasteiger partial charge is 0.207 e. The van der Waals surface area contributed by atoms with Crippen molar-refractivity contribution in [2.24, 2.45) is 11.8 Å². The third-order valence-corrected chi connectivity index (χ3v) is 11.7. The summed E-state index contributed by atoms with van der Waals surface area (Å²) in [7, 11) is 0.880. The van der Waals surface area contributed by atoms with Crippen LogP contribution < -0.4 is 0 Å². The quantitative estimate of drug-likeness (QED) is 0.266. The highest BCUT2D eigenvalue weighted by Crippen LogP contribution is 2.57. The average Bonchev–Trinajstić information content (AvgIpc) is 3.35. The van der Waals surface area contributed by atoms with Crippen molar-refractivity contribution in [3.05, 3.63) is 202 Å². The highest BCUT2D eigenvalue weighted by molar-refractivity contribution is 6.18. The molecule has 3 aromatic rings. The topological polar surface area (TPSA) is 0 Å². The normalized spacial score (nSPS) is 25.7. The molecular formula is C41H37FSi. The molecule has 4 aliphatic carbocycles. The van der Waals surface area contributed by atoms with Crippen molar-refractivity contribution >= 4 is 10.2 Å². The minimum Gasteiger partial charge on any atom is -0.207 e. The van der Waals surface area contributed by atoms with Gasteiger partial charge in [0.05, 0.1) is 0 Å². The molecule has 0 N–H and O–H groups in total. The van der Waals surface area contributed by atoms with Crippen LogP contribution in [0.3, 0.4) is 0 Å². The molecular weight excluding hydrogens is 540 g/mol. The summed E-state index contributed by atoms with van der Waals surface area (Å²) >= 11 is 0. The van der Waals surface area contributed by atoms with Crippen molar-refractivity contribution in [1.29, 1.82) is 0 Å². The molecule has 0 radical (unpaired) electrons. The maximum Gasteiger partial charge on any atom is 0.123 e. The van der Waals surface area contributed by atoms with Crippen molar-refractivity contribution in [2.75, 3.05) is 0 Å². The molecule has 0 saturated heterocycles. The number of rotatable bonds is 5. The molecule has 0 saturated carbocycles. The van der Waals surface area contributed by atoms with E-state index in [4.69, 9.17) is 0 Å². The van der Waals surface area contributed by atoms with E-state index in [0.717, 1.165) is 10.2 Å². The standard InChI is InChI=1S/C41H37FSi/c1-27-25-37-33(29-13-5-3-6-14-29)17-9-11-19-35(37)39(27)41(43,31-21-23-32(42)24-22-31)40-28(2)26-38-34(18-10-12-20-36(38)40)30-15-7-4-8-16-30/h3-26,33-34,39-40H,1-2,43H3. The van der Waals surface area contributed by atoms with Crippen molar-refractivity contribution in [3.8, 4) is 0 Å². The predicted octanol–water partition coefficient (Wildman–Crippen LogP) is 8.95. The van der Waals surface area contributed by atoms with Crippen LogP contribution in [0.2, 0.25) is 0 Å². The number of hydrogen-bond acceptors (Lipinski definition) is 0. The monoisotopic (exact) mass is 576 g/mol. The van der Waals surface area contributed by atoms with Crippen LogP contribution in [0.5, 0.6) is 0 Å². The van der Waals surface area contributed by atoms with Crippen LogP contribution >= 0.6 is 0 Å². The zero-order chi connectivity index (χ0) is 29.6. The highest BCUT2D eigenvalue weighted by Gasteiger charge is 2.50. The van der Waals surface area contributed by atoms with Gasteiger partial charge in [-0.3, -0.25) is 0 Å². The Balaban J connectivity index is 1.43. The fourth-order valence-corrected chi connectivity index (χ4v) is 10.1. The molecule has 0 aliphatic heterocycles. The Morgan fingerprint density at radius 3 is 1.44 bits per heavy atom. The molecule has 0 spiro atoms. The van der Waals surface area contributed by atoms with Gasteiger partial charge in [-0.15, -0.1) is 0 Å². The second-order valence-corrected chi connectivity index (χ2v) is 14.2. The van der Waals surface area contributed by atoms with E-state index in [9.17, 15) is 4.39 Å². The highest BCUT2D eigenvalue weighted by atomic mass is 28.1. The first-order valence-electron chi connectivity index (χ1n) is 15.4. The number of hydrogen-bond donors (Lipinski definition) is 0. The van der Waals surface area contributed by atoms with Gasteiger partial charge in [0.1, 0.15) is 5.82 Å². The van der Waals surface area contributed by atoms with Gasteiger partial charge in [0.2, 0.25) is 0 Å². The lowest BCUT2D eigenvalue weighted by atomic mass is 9.67. The summed E-state index contributed by atoms with van der Waals surface area (Å²) in [4.78, 5) is 0. The van der Waals surface area contributed by atoms with Crippen LogP contribution in [0, 0.1) is 17.7 Å². The zero-order valence-electron chi connectivity index (χ0n) is 25.0. The van der Waals surface area contributed by atoms with Crippen LogP contribution in [-0.4, -0.2) is 10.2 Å². The number of benzene rings is 3. The van der Waals surface area contributed by atoms with Crippen molar-refractivity contribution in [2.45, 2.75) is 30.7 Å². The Morgan fingerprint density at radius 2 is 1.00 bits per heavy atom. The van der Waals surface area contributed by atoms with E-state index in [0.29, 0.717) is 0 Å². The lowest BCUT2D eigenvalue weighted by Crippen LogP contribution is -2.44. The molecule has 0 aromatic heterocycles. The van der Waals surface area contributed by atoms with E-state index >= 15 is 0 Å². The SMILES string of the molecule is CC1=CC2=C(C=CC=CC2c2ccccc2)C1C([SiH3])(c1ccc(F)cc1)C1C(C)=CC2=C1C=CC=CC2c1ccccc1. The molecule has 0 heterocycles. The van der Waals surface area contributed by atoms with Gasteiger partial charge in [0, 0.05) is 39.0 Å². The maximum absolute atomic E-state index is 14.4. The molecule has 7 rings (SSSR count). The summed E-state index contributed by atoms with van der Waals surface area (Å²) in [5, 5.41) is -0.227. The first kappa shape index (κ1) is 27.6. The molecule has 2 heteroatoms. The fraction of sp³-hybridized carbons (Fsp3) is 0.171. The molecule has 43 heavy (non-hydrogen) atoms. The summed E-state index contributed by atoms with van der Waals surface area (Å²) in [6.07, 6.45) is 23.1. The summed E-state index contributed by atoms with van der Waals surface area (Å²) in [6.45, 7) is 4.63. The molecule has 4 unspecified atom stereocenters. The third-order valence-electron chi connectivity index (χ3n) is 10.00. The van der Waals surface area contributed by atoms with Crippen LogP contribution in [0.1, 0.15) is 42.4 Å². The van der Waals surface area contributed by atoms with Crippen LogP contribution in [0.15, 0.2) is 179 Å². The van der Waals surface area contributed by atoms with E-state index in [1.165, 1.54) is 50.1 Å². The van der Waals surface area contributed by atoms with Gasteiger partial charge >= 0.3 is 0 Å². The summed E-state index contributed by atoms with van der Waals surface area (Å²) in [5.41, 5.74) is 12.2. The number of halogens is 1. The van der Waals surface area contributed by atoms with Gasteiger partial charge in [-0.25, -0.2) is 4.39 Å². The molecule has 0 amide bonds. The number of allylic oxidation sites excluding steroid dienone is 16. The second kappa shape index (κ2) is 11.1. The molecule has 3 aromatic carbocycles. The Hall–Kier alpha value is -4.27. The maximum atomic E-state index is 14.4. The van der Waals surface area contributed by atoms with E-state index in [1.807, 2.05) is 0 Å². The van der Waals surface area contributed by atoms with E-state index in [2.05, 4.69) is 147 Å². The van der Waals surface area contributed by atoms with Gasteiger partial charge in [-0.05, 0) is 65.0 Å². The first-order chi connectivity index (χ1) is 21.0. The summed E-state index contributed by atoms with van der Waals surface area (Å²) in [6, 6.07) is 29.1. The van der Waals surface area contributed by atoms with Crippen molar-refractivity contribution in [1.82, 2.24) is 0 Å².